The number of carbonyl (C=O) groups is 1. The molecule has 2 aliphatic rings. The fraction of sp³-hybridized carbons (Fsp3) is 0.882. The first-order chi connectivity index (χ1) is 11.7. The largest absolute Gasteiger partial charge is 0.381 e. The zero-order valence-electron chi connectivity index (χ0n) is 15.1. The van der Waals surface area contributed by atoms with Gasteiger partial charge in [0.2, 0.25) is 5.91 Å². The van der Waals surface area contributed by atoms with Crippen molar-refractivity contribution in [2.24, 2.45) is 4.99 Å². The number of carbonyl (C=O) groups excluding carboxylic acids is 1. The Bertz CT molecular complexity index is 411. The Morgan fingerprint density at radius 2 is 2.12 bits per heavy atom. The number of amides is 1. The van der Waals surface area contributed by atoms with Gasteiger partial charge in [0.1, 0.15) is 0 Å². The molecule has 0 saturated carbocycles. The van der Waals surface area contributed by atoms with Gasteiger partial charge in [-0.1, -0.05) is 6.92 Å². The molecule has 2 rings (SSSR count). The lowest BCUT2D eigenvalue weighted by Crippen LogP contribution is -2.45. The third-order valence-corrected chi connectivity index (χ3v) is 4.54. The molecule has 24 heavy (non-hydrogen) atoms. The number of hydrogen-bond acceptors (Lipinski definition) is 4. The molecule has 2 heterocycles. The molecule has 0 aliphatic carbocycles. The molecule has 0 spiro atoms. The van der Waals surface area contributed by atoms with Crippen LogP contribution >= 0.6 is 0 Å². The SMILES string of the molecule is CCC(=O)N1CCC(NC(=NC)NCCCOC2CCOCC2)C1. The quantitative estimate of drug-likeness (QED) is 0.406. The van der Waals surface area contributed by atoms with Gasteiger partial charge < -0.3 is 25.0 Å². The molecule has 0 aromatic heterocycles. The van der Waals surface area contributed by atoms with E-state index in [0.717, 1.165) is 71.1 Å². The Kier molecular flexibility index (Phi) is 8.32. The summed E-state index contributed by atoms with van der Waals surface area (Å²) in [5, 5.41) is 6.73. The summed E-state index contributed by atoms with van der Waals surface area (Å²) in [6, 6.07) is 0.283. The van der Waals surface area contributed by atoms with Crippen LogP contribution in [0.2, 0.25) is 0 Å². The highest BCUT2D eigenvalue weighted by Crippen LogP contribution is 2.11. The zero-order chi connectivity index (χ0) is 17.2. The molecule has 138 valence electrons. The minimum absolute atomic E-state index is 0.229. The fourth-order valence-electron chi connectivity index (χ4n) is 3.09. The van der Waals surface area contributed by atoms with Gasteiger partial charge in [-0.3, -0.25) is 9.79 Å². The van der Waals surface area contributed by atoms with Gasteiger partial charge in [-0.2, -0.15) is 0 Å². The van der Waals surface area contributed by atoms with E-state index in [0.29, 0.717) is 12.5 Å². The number of hydrogen-bond donors (Lipinski definition) is 2. The van der Waals surface area contributed by atoms with E-state index in [1.165, 1.54) is 0 Å². The number of ether oxygens (including phenoxy) is 2. The summed E-state index contributed by atoms with van der Waals surface area (Å²) in [5.41, 5.74) is 0. The maximum atomic E-state index is 11.7. The second-order valence-corrected chi connectivity index (χ2v) is 6.36. The van der Waals surface area contributed by atoms with Crippen LogP contribution < -0.4 is 10.6 Å². The summed E-state index contributed by atoms with van der Waals surface area (Å²) in [4.78, 5) is 17.9. The molecule has 2 fully saturated rings. The number of likely N-dealkylation sites (tertiary alicyclic amines) is 1. The van der Waals surface area contributed by atoms with Crippen molar-refractivity contribution in [3.8, 4) is 0 Å². The van der Waals surface area contributed by atoms with E-state index in [1.54, 1.807) is 7.05 Å². The lowest BCUT2D eigenvalue weighted by Gasteiger charge is -2.22. The van der Waals surface area contributed by atoms with Gasteiger partial charge in [-0.05, 0) is 25.7 Å². The van der Waals surface area contributed by atoms with E-state index in [4.69, 9.17) is 9.47 Å². The first kappa shape index (κ1) is 19.0. The molecule has 1 atom stereocenters. The van der Waals surface area contributed by atoms with Gasteiger partial charge in [0.05, 0.1) is 6.10 Å². The van der Waals surface area contributed by atoms with Crippen LogP contribution in [0.5, 0.6) is 0 Å². The van der Waals surface area contributed by atoms with Crippen molar-refractivity contribution in [3.05, 3.63) is 0 Å². The van der Waals surface area contributed by atoms with Crippen LogP contribution in [0.15, 0.2) is 4.99 Å². The van der Waals surface area contributed by atoms with Crippen LogP contribution in [-0.4, -0.2) is 75.4 Å². The molecular weight excluding hydrogens is 308 g/mol. The highest BCUT2D eigenvalue weighted by Gasteiger charge is 2.25. The second-order valence-electron chi connectivity index (χ2n) is 6.36. The number of nitrogens with zero attached hydrogens (tertiary/aromatic N) is 2. The topological polar surface area (TPSA) is 75.2 Å². The van der Waals surface area contributed by atoms with E-state index in [-0.39, 0.29) is 11.9 Å². The van der Waals surface area contributed by atoms with Crippen molar-refractivity contribution in [1.29, 1.82) is 0 Å². The molecule has 0 aromatic rings. The van der Waals surface area contributed by atoms with E-state index in [2.05, 4.69) is 15.6 Å². The third kappa shape index (κ3) is 6.28. The van der Waals surface area contributed by atoms with Crippen LogP contribution in [0.1, 0.15) is 39.0 Å². The molecule has 0 aromatic carbocycles. The normalized spacial score (nSPS) is 22.7. The molecule has 1 amide bonds. The van der Waals surface area contributed by atoms with Gasteiger partial charge in [-0.25, -0.2) is 0 Å². The Morgan fingerprint density at radius 3 is 2.83 bits per heavy atom. The van der Waals surface area contributed by atoms with Gasteiger partial charge in [0.25, 0.3) is 0 Å². The van der Waals surface area contributed by atoms with Crippen LogP contribution in [0.25, 0.3) is 0 Å². The van der Waals surface area contributed by atoms with Gasteiger partial charge in [-0.15, -0.1) is 0 Å². The molecule has 7 nitrogen and oxygen atoms in total. The number of rotatable bonds is 7. The van der Waals surface area contributed by atoms with E-state index in [1.807, 2.05) is 11.8 Å². The first-order valence-electron chi connectivity index (χ1n) is 9.17. The van der Waals surface area contributed by atoms with Gasteiger partial charge >= 0.3 is 0 Å². The van der Waals surface area contributed by atoms with Crippen molar-refractivity contribution >= 4 is 11.9 Å². The summed E-state index contributed by atoms with van der Waals surface area (Å²) < 4.78 is 11.2. The summed E-state index contributed by atoms with van der Waals surface area (Å²) in [6.07, 6.45) is 4.86. The lowest BCUT2D eigenvalue weighted by molar-refractivity contribution is -0.129. The van der Waals surface area contributed by atoms with Crippen LogP contribution in [-0.2, 0) is 14.3 Å². The maximum absolute atomic E-state index is 11.7. The molecule has 2 saturated heterocycles. The summed E-state index contributed by atoms with van der Waals surface area (Å²) >= 11 is 0. The van der Waals surface area contributed by atoms with Crippen LogP contribution in [0.3, 0.4) is 0 Å². The monoisotopic (exact) mass is 340 g/mol. The second kappa shape index (κ2) is 10.5. The maximum Gasteiger partial charge on any atom is 0.222 e. The Hall–Kier alpha value is -1.34. The Balaban J connectivity index is 1.56. The number of nitrogens with one attached hydrogen (secondary N) is 2. The predicted octanol–water partition coefficient (Wildman–Crippen LogP) is 0.748. The molecule has 1 unspecified atom stereocenters. The lowest BCUT2D eigenvalue weighted by atomic mass is 10.1. The minimum atomic E-state index is 0.229. The zero-order valence-corrected chi connectivity index (χ0v) is 15.1. The standard InChI is InChI=1S/C17H32N4O3/c1-3-16(22)21-9-5-14(13-21)20-17(18-2)19-8-4-10-24-15-6-11-23-12-7-15/h14-15H,3-13H2,1-2H3,(H2,18,19,20). The molecule has 2 N–H and O–H groups in total. The average Bonchev–Trinajstić information content (AvgIpc) is 3.09. The van der Waals surface area contributed by atoms with E-state index < -0.39 is 0 Å². The third-order valence-electron chi connectivity index (χ3n) is 4.54. The van der Waals surface area contributed by atoms with Crippen LogP contribution in [0, 0.1) is 0 Å². The summed E-state index contributed by atoms with van der Waals surface area (Å²) in [6.45, 7) is 6.73. The molecular formula is C17H32N4O3. The first-order valence-corrected chi connectivity index (χ1v) is 9.17. The predicted molar refractivity (Wildman–Crippen MR) is 94.2 cm³/mol. The van der Waals surface area contributed by atoms with Crippen LogP contribution in [0.4, 0.5) is 0 Å². The molecule has 2 aliphatic heterocycles. The molecule has 7 heteroatoms. The average molecular weight is 340 g/mol. The van der Waals surface area contributed by atoms with Crippen molar-refractivity contribution in [2.75, 3.05) is 46.5 Å². The van der Waals surface area contributed by atoms with Crippen molar-refractivity contribution in [2.45, 2.75) is 51.2 Å². The molecule has 0 bridgehead atoms. The highest BCUT2D eigenvalue weighted by atomic mass is 16.5. The van der Waals surface area contributed by atoms with Gasteiger partial charge in [0.15, 0.2) is 5.96 Å². The summed E-state index contributed by atoms with van der Waals surface area (Å²) in [7, 11) is 1.78. The van der Waals surface area contributed by atoms with E-state index >= 15 is 0 Å². The Labute approximate surface area is 145 Å². The van der Waals surface area contributed by atoms with Gasteiger partial charge in [0, 0.05) is 59.0 Å². The van der Waals surface area contributed by atoms with Crippen molar-refractivity contribution in [3.63, 3.8) is 0 Å². The minimum Gasteiger partial charge on any atom is -0.381 e. The van der Waals surface area contributed by atoms with Crippen molar-refractivity contribution < 1.29 is 14.3 Å². The fourth-order valence-corrected chi connectivity index (χ4v) is 3.09. The summed E-state index contributed by atoms with van der Waals surface area (Å²) in [5.74, 6) is 1.03. The van der Waals surface area contributed by atoms with Crippen molar-refractivity contribution in [1.82, 2.24) is 15.5 Å². The smallest absolute Gasteiger partial charge is 0.222 e. The van der Waals surface area contributed by atoms with E-state index in [9.17, 15) is 4.79 Å². The molecule has 0 radical (unpaired) electrons. The highest BCUT2D eigenvalue weighted by molar-refractivity contribution is 5.80. The Morgan fingerprint density at radius 1 is 1.33 bits per heavy atom. The number of guanidine groups is 1. The number of aliphatic imine (C=N–C) groups is 1.